The van der Waals surface area contributed by atoms with Gasteiger partial charge in [0.15, 0.2) is 0 Å². The van der Waals surface area contributed by atoms with Crippen LogP contribution in [0.4, 0.5) is 0 Å². The van der Waals surface area contributed by atoms with Gasteiger partial charge in [0, 0.05) is 24.9 Å². The molecule has 0 unspecified atom stereocenters. The summed E-state index contributed by atoms with van der Waals surface area (Å²) < 4.78 is 2.01. The number of nitrogens with zero attached hydrogens (tertiary/aromatic N) is 2. The number of carbonyl (C=O) groups is 1. The maximum atomic E-state index is 10.6. The maximum Gasteiger partial charge on any atom is 0.125 e. The lowest BCUT2D eigenvalue weighted by molar-refractivity contribution is -0.107. The zero-order valence-corrected chi connectivity index (χ0v) is 10.5. The highest BCUT2D eigenvalue weighted by Gasteiger charge is 2.03. The van der Waals surface area contributed by atoms with Crippen molar-refractivity contribution in [1.29, 1.82) is 0 Å². The van der Waals surface area contributed by atoms with Gasteiger partial charge < -0.3 is 9.36 Å². The van der Waals surface area contributed by atoms with Crippen molar-refractivity contribution in [2.24, 2.45) is 0 Å². The standard InChI is InChI=1S/C16H14N2O/c19-8-7-16-10-17-12-18(16)11-13-5-6-14-3-1-2-4-15(14)9-13/h1-6,8-10,12H,7,11H2. The predicted octanol–water partition coefficient (Wildman–Crippen LogP) is 2.83. The minimum absolute atomic E-state index is 0.410. The summed E-state index contributed by atoms with van der Waals surface area (Å²) >= 11 is 0. The molecule has 19 heavy (non-hydrogen) atoms. The third kappa shape index (κ3) is 2.40. The van der Waals surface area contributed by atoms with Gasteiger partial charge in [0.25, 0.3) is 0 Å². The molecule has 0 amide bonds. The fraction of sp³-hybridized carbons (Fsp3) is 0.125. The first kappa shape index (κ1) is 11.7. The minimum atomic E-state index is 0.410. The van der Waals surface area contributed by atoms with Crippen molar-refractivity contribution in [3.8, 4) is 0 Å². The number of rotatable bonds is 4. The Kier molecular flexibility index (Phi) is 3.11. The van der Waals surface area contributed by atoms with Crippen LogP contribution >= 0.6 is 0 Å². The molecule has 0 saturated carbocycles. The molecule has 0 N–H and O–H groups in total. The number of fused-ring (bicyclic) bond motifs is 1. The van der Waals surface area contributed by atoms with E-state index in [1.807, 2.05) is 16.7 Å². The van der Waals surface area contributed by atoms with Crippen LogP contribution in [0.3, 0.4) is 0 Å². The molecule has 0 aliphatic rings. The van der Waals surface area contributed by atoms with E-state index in [0.29, 0.717) is 6.42 Å². The van der Waals surface area contributed by atoms with Gasteiger partial charge in [-0.25, -0.2) is 4.98 Å². The first-order valence-corrected chi connectivity index (χ1v) is 6.27. The van der Waals surface area contributed by atoms with E-state index in [2.05, 4.69) is 35.3 Å². The van der Waals surface area contributed by atoms with Crippen molar-refractivity contribution < 1.29 is 4.79 Å². The quantitative estimate of drug-likeness (QED) is 0.667. The lowest BCUT2D eigenvalue weighted by Gasteiger charge is -2.07. The first-order chi connectivity index (χ1) is 9.36. The number of hydrogen-bond acceptors (Lipinski definition) is 2. The molecule has 3 rings (SSSR count). The summed E-state index contributed by atoms with van der Waals surface area (Å²) in [7, 11) is 0. The smallest absolute Gasteiger partial charge is 0.125 e. The van der Waals surface area contributed by atoms with Crippen LogP contribution in [0.25, 0.3) is 10.8 Å². The van der Waals surface area contributed by atoms with Gasteiger partial charge in [0.05, 0.1) is 6.33 Å². The van der Waals surface area contributed by atoms with Gasteiger partial charge in [-0.1, -0.05) is 36.4 Å². The van der Waals surface area contributed by atoms with Gasteiger partial charge in [-0.05, 0) is 22.4 Å². The Morgan fingerprint density at radius 2 is 1.95 bits per heavy atom. The van der Waals surface area contributed by atoms with Crippen molar-refractivity contribution in [1.82, 2.24) is 9.55 Å². The molecule has 0 radical (unpaired) electrons. The van der Waals surface area contributed by atoms with Crippen LogP contribution in [-0.4, -0.2) is 15.8 Å². The molecule has 0 fully saturated rings. The predicted molar refractivity (Wildman–Crippen MR) is 75.0 cm³/mol. The molecule has 3 aromatic rings. The molecule has 2 aromatic carbocycles. The number of hydrogen-bond donors (Lipinski definition) is 0. The van der Waals surface area contributed by atoms with Gasteiger partial charge in [0.2, 0.25) is 0 Å². The van der Waals surface area contributed by atoms with Crippen LogP contribution in [-0.2, 0) is 17.8 Å². The fourth-order valence-corrected chi connectivity index (χ4v) is 2.28. The largest absolute Gasteiger partial charge is 0.330 e. The number of aromatic nitrogens is 2. The zero-order chi connectivity index (χ0) is 13.1. The number of imidazole rings is 1. The van der Waals surface area contributed by atoms with Gasteiger partial charge in [-0.15, -0.1) is 0 Å². The Balaban J connectivity index is 1.92. The summed E-state index contributed by atoms with van der Waals surface area (Å²) in [5, 5.41) is 2.47. The fourth-order valence-electron chi connectivity index (χ4n) is 2.28. The van der Waals surface area contributed by atoms with Crippen molar-refractivity contribution in [3.63, 3.8) is 0 Å². The Morgan fingerprint density at radius 3 is 2.79 bits per heavy atom. The highest BCUT2D eigenvalue weighted by Crippen LogP contribution is 2.16. The van der Waals surface area contributed by atoms with Crippen LogP contribution in [0.15, 0.2) is 55.0 Å². The molecule has 94 valence electrons. The Labute approximate surface area is 111 Å². The number of aldehydes is 1. The normalized spacial score (nSPS) is 10.7. The first-order valence-electron chi connectivity index (χ1n) is 6.27. The molecule has 1 aromatic heterocycles. The second-order valence-electron chi connectivity index (χ2n) is 4.57. The molecule has 0 aliphatic carbocycles. The third-order valence-electron chi connectivity index (χ3n) is 3.26. The van der Waals surface area contributed by atoms with Gasteiger partial charge >= 0.3 is 0 Å². The zero-order valence-electron chi connectivity index (χ0n) is 10.5. The molecule has 3 heteroatoms. The van der Waals surface area contributed by atoms with E-state index in [1.54, 1.807) is 12.5 Å². The average molecular weight is 250 g/mol. The molecular weight excluding hydrogens is 236 g/mol. The van der Waals surface area contributed by atoms with E-state index < -0.39 is 0 Å². The minimum Gasteiger partial charge on any atom is -0.330 e. The van der Waals surface area contributed by atoms with E-state index >= 15 is 0 Å². The second-order valence-corrected chi connectivity index (χ2v) is 4.57. The Bertz CT molecular complexity index is 715. The van der Waals surface area contributed by atoms with E-state index in [1.165, 1.54) is 16.3 Å². The number of carbonyl (C=O) groups excluding carboxylic acids is 1. The highest BCUT2D eigenvalue weighted by molar-refractivity contribution is 5.82. The maximum absolute atomic E-state index is 10.6. The van der Waals surface area contributed by atoms with E-state index in [4.69, 9.17) is 0 Å². The second kappa shape index (κ2) is 5.06. The highest BCUT2D eigenvalue weighted by atomic mass is 16.1. The molecular formula is C16H14N2O. The number of benzene rings is 2. The van der Waals surface area contributed by atoms with Gasteiger partial charge in [-0.2, -0.15) is 0 Å². The van der Waals surface area contributed by atoms with Crippen LogP contribution < -0.4 is 0 Å². The summed E-state index contributed by atoms with van der Waals surface area (Å²) in [6, 6.07) is 14.7. The molecule has 0 spiro atoms. The van der Waals surface area contributed by atoms with Crippen LogP contribution in [0.2, 0.25) is 0 Å². The molecule has 0 saturated heterocycles. The SMILES string of the molecule is O=CCc1cncn1Cc1ccc2ccccc2c1. The average Bonchev–Trinajstić information content (AvgIpc) is 2.86. The topological polar surface area (TPSA) is 34.9 Å². The molecule has 0 aliphatic heterocycles. The van der Waals surface area contributed by atoms with Crippen LogP contribution in [0, 0.1) is 0 Å². The van der Waals surface area contributed by atoms with Gasteiger partial charge in [0.1, 0.15) is 6.29 Å². The summed E-state index contributed by atoms with van der Waals surface area (Å²) in [6.07, 6.45) is 4.84. The lowest BCUT2D eigenvalue weighted by Crippen LogP contribution is -2.03. The Hall–Kier alpha value is -2.42. The summed E-state index contributed by atoms with van der Waals surface area (Å²) in [5.41, 5.74) is 2.16. The molecule has 0 atom stereocenters. The summed E-state index contributed by atoms with van der Waals surface area (Å²) in [5.74, 6) is 0. The lowest BCUT2D eigenvalue weighted by atomic mass is 10.1. The van der Waals surface area contributed by atoms with Crippen molar-refractivity contribution >= 4 is 17.1 Å². The third-order valence-corrected chi connectivity index (χ3v) is 3.26. The molecule has 0 bridgehead atoms. The van der Waals surface area contributed by atoms with Gasteiger partial charge in [-0.3, -0.25) is 0 Å². The van der Waals surface area contributed by atoms with Crippen molar-refractivity contribution in [3.05, 3.63) is 66.2 Å². The van der Waals surface area contributed by atoms with E-state index in [0.717, 1.165) is 18.5 Å². The van der Waals surface area contributed by atoms with E-state index in [9.17, 15) is 4.79 Å². The Morgan fingerprint density at radius 1 is 1.11 bits per heavy atom. The molecule has 1 heterocycles. The summed E-state index contributed by atoms with van der Waals surface area (Å²) in [4.78, 5) is 14.7. The van der Waals surface area contributed by atoms with Crippen molar-refractivity contribution in [2.75, 3.05) is 0 Å². The summed E-state index contributed by atoms with van der Waals surface area (Å²) in [6.45, 7) is 0.744. The van der Waals surface area contributed by atoms with Crippen molar-refractivity contribution in [2.45, 2.75) is 13.0 Å². The monoisotopic (exact) mass is 250 g/mol. The van der Waals surface area contributed by atoms with Crippen LogP contribution in [0.5, 0.6) is 0 Å². The van der Waals surface area contributed by atoms with Crippen LogP contribution in [0.1, 0.15) is 11.3 Å². The van der Waals surface area contributed by atoms with E-state index in [-0.39, 0.29) is 0 Å². The molecule has 3 nitrogen and oxygen atoms in total.